The first-order chi connectivity index (χ1) is 8.79. The van der Waals surface area contributed by atoms with Crippen molar-refractivity contribution in [3.63, 3.8) is 0 Å². The third-order valence-corrected chi connectivity index (χ3v) is 3.33. The smallest absolute Gasteiger partial charge is 0.231 e. The average molecular weight is 265 g/mol. The molecule has 96 valence electrons. The summed E-state index contributed by atoms with van der Waals surface area (Å²) in [5.41, 5.74) is 1.00. The highest BCUT2D eigenvalue weighted by molar-refractivity contribution is 8.00. The van der Waals surface area contributed by atoms with E-state index in [0.717, 1.165) is 22.8 Å². The van der Waals surface area contributed by atoms with Crippen molar-refractivity contribution in [2.24, 2.45) is 0 Å². The number of carbonyl (C=O) groups is 1. The molecule has 0 saturated heterocycles. The van der Waals surface area contributed by atoms with E-state index in [1.807, 2.05) is 18.2 Å². The van der Waals surface area contributed by atoms with Gasteiger partial charge in [-0.05, 0) is 17.7 Å². The fraction of sp³-hybridized carbons (Fsp3) is 0.308. The van der Waals surface area contributed by atoms with Gasteiger partial charge in [0.15, 0.2) is 11.5 Å². The first-order valence-corrected chi connectivity index (χ1v) is 6.79. The third kappa shape index (κ3) is 3.43. The van der Waals surface area contributed by atoms with Crippen LogP contribution < -0.4 is 14.8 Å². The van der Waals surface area contributed by atoms with Crippen molar-refractivity contribution in [1.82, 2.24) is 5.32 Å². The zero-order chi connectivity index (χ0) is 12.8. The van der Waals surface area contributed by atoms with Crippen molar-refractivity contribution in [3.05, 3.63) is 36.4 Å². The Kier molecular flexibility index (Phi) is 4.52. The minimum atomic E-state index is 0.0273. The van der Waals surface area contributed by atoms with Crippen LogP contribution in [0.25, 0.3) is 0 Å². The minimum Gasteiger partial charge on any atom is -0.454 e. The predicted octanol–water partition coefficient (Wildman–Crippen LogP) is 1.95. The van der Waals surface area contributed by atoms with E-state index < -0.39 is 0 Å². The molecular formula is C13H15NO3S. The summed E-state index contributed by atoms with van der Waals surface area (Å²) in [6.07, 6.45) is 1.79. The van der Waals surface area contributed by atoms with E-state index in [-0.39, 0.29) is 12.7 Å². The van der Waals surface area contributed by atoms with E-state index in [0.29, 0.717) is 12.3 Å². The van der Waals surface area contributed by atoms with Gasteiger partial charge in [-0.3, -0.25) is 4.79 Å². The van der Waals surface area contributed by atoms with E-state index >= 15 is 0 Å². The number of ether oxygens (including phenoxy) is 2. The Labute approximate surface area is 110 Å². The molecule has 0 atom stereocenters. The Morgan fingerprint density at radius 3 is 3.11 bits per heavy atom. The van der Waals surface area contributed by atoms with Crippen LogP contribution in [-0.2, 0) is 11.3 Å². The van der Waals surface area contributed by atoms with Crippen molar-refractivity contribution in [2.75, 3.05) is 18.3 Å². The normalized spacial score (nSPS) is 12.2. The maximum atomic E-state index is 11.5. The molecule has 1 amide bonds. The summed E-state index contributed by atoms with van der Waals surface area (Å²) >= 11 is 1.54. The summed E-state index contributed by atoms with van der Waals surface area (Å²) in [4.78, 5) is 11.5. The average Bonchev–Trinajstić information content (AvgIpc) is 2.84. The Morgan fingerprint density at radius 2 is 2.28 bits per heavy atom. The summed E-state index contributed by atoms with van der Waals surface area (Å²) in [7, 11) is 0. The number of hydrogen-bond acceptors (Lipinski definition) is 4. The summed E-state index contributed by atoms with van der Waals surface area (Å²) in [6.45, 7) is 4.38. The van der Waals surface area contributed by atoms with Gasteiger partial charge in [0.1, 0.15) is 0 Å². The molecule has 0 saturated carbocycles. The topological polar surface area (TPSA) is 47.6 Å². The van der Waals surface area contributed by atoms with Gasteiger partial charge in [0, 0.05) is 12.3 Å². The molecule has 1 N–H and O–H groups in total. The summed E-state index contributed by atoms with van der Waals surface area (Å²) in [5, 5.41) is 2.86. The highest BCUT2D eigenvalue weighted by atomic mass is 32.2. The molecule has 5 heteroatoms. The first kappa shape index (κ1) is 12.8. The van der Waals surface area contributed by atoms with E-state index in [1.54, 1.807) is 17.8 Å². The molecule has 0 radical (unpaired) electrons. The molecule has 1 heterocycles. The van der Waals surface area contributed by atoms with E-state index in [2.05, 4.69) is 11.9 Å². The van der Waals surface area contributed by atoms with Gasteiger partial charge in [0.05, 0.1) is 5.75 Å². The molecule has 1 aromatic rings. The molecule has 1 aliphatic heterocycles. The first-order valence-electron chi connectivity index (χ1n) is 5.63. The van der Waals surface area contributed by atoms with Crippen molar-refractivity contribution < 1.29 is 14.3 Å². The number of nitrogens with one attached hydrogen (secondary N) is 1. The van der Waals surface area contributed by atoms with Crippen LogP contribution in [0.15, 0.2) is 30.9 Å². The number of benzene rings is 1. The van der Waals surface area contributed by atoms with Gasteiger partial charge in [0.2, 0.25) is 12.7 Å². The third-order valence-electron chi connectivity index (χ3n) is 2.40. The highest BCUT2D eigenvalue weighted by Gasteiger charge is 2.13. The van der Waals surface area contributed by atoms with Crippen LogP contribution in [0.4, 0.5) is 0 Å². The lowest BCUT2D eigenvalue weighted by Crippen LogP contribution is -2.24. The molecule has 0 bridgehead atoms. The van der Waals surface area contributed by atoms with E-state index in [4.69, 9.17) is 9.47 Å². The van der Waals surface area contributed by atoms with Crippen LogP contribution in [-0.4, -0.2) is 24.2 Å². The van der Waals surface area contributed by atoms with Crippen molar-refractivity contribution in [2.45, 2.75) is 6.54 Å². The monoisotopic (exact) mass is 265 g/mol. The SMILES string of the molecule is C=CCSCC(=O)NCc1ccc2c(c1)OCO2. The summed E-state index contributed by atoms with van der Waals surface area (Å²) in [5.74, 6) is 2.77. The summed E-state index contributed by atoms with van der Waals surface area (Å²) < 4.78 is 10.5. The molecule has 0 aliphatic carbocycles. The van der Waals surface area contributed by atoms with Crippen LogP contribution >= 0.6 is 11.8 Å². The number of amides is 1. The molecule has 0 aromatic heterocycles. The van der Waals surface area contributed by atoms with Crippen molar-refractivity contribution in [3.8, 4) is 11.5 Å². The molecule has 2 rings (SSSR count). The van der Waals surface area contributed by atoms with Gasteiger partial charge in [-0.25, -0.2) is 0 Å². The lowest BCUT2D eigenvalue weighted by atomic mass is 10.2. The standard InChI is InChI=1S/C13H15NO3S/c1-2-5-18-8-13(15)14-7-10-3-4-11-12(6-10)17-9-16-11/h2-4,6H,1,5,7-9H2,(H,14,15). The zero-order valence-corrected chi connectivity index (χ0v) is 10.8. The Balaban J connectivity index is 1.79. The fourth-order valence-electron chi connectivity index (χ4n) is 1.54. The van der Waals surface area contributed by atoms with Crippen molar-refractivity contribution in [1.29, 1.82) is 0 Å². The van der Waals surface area contributed by atoms with Crippen LogP contribution in [0.3, 0.4) is 0 Å². The number of rotatable bonds is 6. The molecule has 4 nitrogen and oxygen atoms in total. The lowest BCUT2D eigenvalue weighted by molar-refractivity contribution is -0.118. The molecule has 0 spiro atoms. The van der Waals surface area contributed by atoms with E-state index in [9.17, 15) is 4.79 Å². The number of carbonyl (C=O) groups excluding carboxylic acids is 1. The Hall–Kier alpha value is -1.62. The van der Waals surface area contributed by atoms with E-state index in [1.165, 1.54) is 0 Å². The Morgan fingerprint density at radius 1 is 1.44 bits per heavy atom. The lowest BCUT2D eigenvalue weighted by Gasteiger charge is -2.05. The molecule has 1 aromatic carbocycles. The maximum Gasteiger partial charge on any atom is 0.231 e. The van der Waals surface area contributed by atoms with Gasteiger partial charge in [-0.2, -0.15) is 0 Å². The largest absolute Gasteiger partial charge is 0.454 e. The van der Waals surface area contributed by atoms with Gasteiger partial charge < -0.3 is 14.8 Å². The predicted molar refractivity (Wildman–Crippen MR) is 71.9 cm³/mol. The van der Waals surface area contributed by atoms with Gasteiger partial charge in [-0.15, -0.1) is 18.3 Å². The molecule has 0 fully saturated rings. The quantitative estimate of drug-likeness (QED) is 0.631. The number of fused-ring (bicyclic) bond motifs is 1. The number of thioether (sulfide) groups is 1. The Bertz CT molecular complexity index is 448. The minimum absolute atomic E-state index is 0.0273. The second kappa shape index (κ2) is 6.35. The highest BCUT2D eigenvalue weighted by Crippen LogP contribution is 2.32. The van der Waals surface area contributed by atoms with Crippen LogP contribution in [0.2, 0.25) is 0 Å². The second-order valence-electron chi connectivity index (χ2n) is 3.77. The second-order valence-corrected chi connectivity index (χ2v) is 4.80. The maximum absolute atomic E-state index is 11.5. The molecule has 18 heavy (non-hydrogen) atoms. The number of hydrogen-bond donors (Lipinski definition) is 1. The molecular weight excluding hydrogens is 250 g/mol. The molecule has 1 aliphatic rings. The van der Waals surface area contributed by atoms with Crippen LogP contribution in [0.1, 0.15) is 5.56 Å². The van der Waals surface area contributed by atoms with Gasteiger partial charge in [-0.1, -0.05) is 12.1 Å². The van der Waals surface area contributed by atoms with Crippen LogP contribution in [0.5, 0.6) is 11.5 Å². The molecule has 0 unspecified atom stereocenters. The van der Waals surface area contributed by atoms with Gasteiger partial charge in [0.25, 0.3) is 0 Å². The fourth-order valence-corrected chi connectivity index (χ4v) is 2.11. The van der Waals surface area contributed by atoms with Crippen LogP contribution in [0, 0.1) is 0 Å². The zero-order valence-electron chi connectivity index (χ0n) is 9.98. The van der Waals surface area contributed by atoms with Gasteiger partial charge >= 0.3 is 0 Å². The summed E-state index contributed by atoms with van der Waals surface area (Å²) in [6, 6.07) is 5.67. The van der Waals surface area contributed by atoms with Crippen molar-refractivity contribution >= 4 is 17.7 Å².